The maximum absolute atomic E-state index is 14.9. The molecule has 0 bridgehead atoms. The first-order chi connectivity index (χ1) is 24.0. The number of unbranched alkanes of at least 4 members (excludes halogenated alkanes) is 2. The Balaban J connectivity index is 0.000000859. The first-order valence-electron chi connectivity index (χ1n) is 15.5. The van der Waals surface area contributed by atoms with Crippen LogP contribution in [0.25, 0.3) is 0 Å². The predicted octanol–water partition coefficient (Wildman–Crippen LogP) is 9.11. The van der Waals surface area contributed by atoms with Crippen LogP contribution < -0.4 is 21.5 Å². The van der Waals surface area contributed by atoms with E-state index < -0.39 is 90.1 Å². The Morgan fingerprint density at radius 3 is 1.10 bits per heavy atom. The van der Waals surface area contributed by atoms with Crippen LogP contribution in [0.1, 0.15) is 33.1 Å². The van der Waals surface area contributed by atoms with Gasteiger partial charge in [-0.2, -0.15) is 24.5 Å². The molecule has 5 aromatic rings. The van der Waals surface area contributed by atoms with E-state index in [0.717, 1.165) is 0 Å². The van der Waals surface area contributed by atoms with Crippen molar-refractivity contribution >= 4 is 36.2 Å². The standard InChI is InChI=1S/C26H15BF10P.C5H5.C5H12.CO.Ru/c28-17-15(18(29)22(33)25(36)21(17)32)27(16-19(30)23(34)26(37)24(35)20(16)31)11-12-38(13-7-3-1-4-8-13)14-9-5-2-6-10-14;1-2-4-5-3-1;1-3-5-4-2;1-2;/h1-10,27H,11-12H2;1-5H;3-5H2,1-2H3;;/q2*-1;;;+2. The smallest absolute Gasteiger partial charge is 0.214 e. The average Bonchev–Trinajstić information content (AvgIpc) is 3.75. The molecule has 51 heavy (non-hydrogen) atoms. The first kappa shape index (κ1) is 45.4. The zero-order valence-electron chi connectivity index (χ0n) is 27.4. The second-order valence-corrected chi connectivity index (χ2v) is 13.1. The van der Waals surface area contributed by atoms with Gasteiger partial charge in [-0.3, -0.25) is 0 Å². The van der Waals surface area contributed by atoms with Gasteiger partial charge < -0.3 is 0 Å². The van der Waals surface area contributed by atoms with Crippen molar-refractivity contribution in [2.24, 2.45) is 0 Å². The molecule has 272 valence electrons. The summed E-state index contributed by atoms with van der Waals surface area (Å²) in [5.41, 5.74) is -3.22. The normalized spacial score (nSPS) is 10.3. The Kier molecular flexibility index (Phi) is 20.5. The van der Waals surface area contributed by atoms with Crippen LogP contribution in [0.5, 0.6) is 0 Å². The van der Waals surface area contributed by atoms with Crippen LogP contribution in [0, 0.1) is 64.8 Å². The van der Waals surface area contributed by atoms with Crippen LogP contribution in [-0.2, 0) is 24.1 Å². The van der Waals surface area contributed by atoms with Crippen molar-refractivity contribution < 1.29 is 68.0 Å². The SMILES string of the molecule is CCCCC.Fc1c(F)c(F)c([BH-](CCP(c2ccccc2)c2ccccc2)c2c(F)c(F)c(F)c(F)c2F)c(F)c1F.[C-]#[O+].[Ru+2].c1cc[cH-]c1. The Hall–Kier alpha value is -3.61. The molecular weight excluding hydrogens is 793 g/mol. The van der Waals surface area contributed by atoms with Gasteiger partial charge in [0.25, 0.3) is 0 Å². The van der Waals surface area contributed by atoms with E-state index in [1.165, 1.54) is 19.3 Å². The minimum Gasteiger partial charge on any atom is -0.214 e. The summed E-state index contributed by atoms with van der Waals surface area (Å²) in [5, 5.41) is 1.39. The quantitative estimate of drug-likeness (QED) is 0.0269. The number of hydrogen-bond donors (Lipinski definition) is 0. The zero-order valence-corrected chi connectivity index (χ0v) is 30.0. The molecule has 5 aromatic carbocycles. The van der Waals surface area contributed by atoms with Gasteiger partial charge in [0.15, 0.2) is 34.9 Å². The predicted molar refractivity (Wildman–Crippen MR) is 179 cm³/mol. The molecular formula is C37H32BF10OPRu. The molecule has 0 spiro atoms. The fourth-order valence-corrected chi connectivity index (χ4v) is 7.71. The summed E-state index contributed by atoms with van der Waals surface area (Å²) in [6.45, 7) is 5.35. The molecule has 0 N–H and O–H groups in total. The topological polar surface area (TPSA) is 19.9 Å². The summed E-state index contributed by atoms with van der Waals surface area (Å²) in [6, 6.07) is 27.0. The molecule has 1 nitrogen and oxygen atoms in total. The van der Waals surface area contributed by atoms with Gasteiger partial charge in [0, 0.05) is 0 Å². The monoisotopic (exact) mass is 826 g/mol. The van der Waals surface area contributed by atoms with Gasteiger partial charge in [0.1, 0.15) is 23.3 Å². The molecule has 0 saturated carbocycles. The molecule has 0 aromatic heterocycles. The third-order valence-electron chi connectivity index (χ3n) is 7.59. The minimum atomic E-state index is -3.57. The van der Waals surface area contributed by atoms with Gasteiger partial charge in [0.2, 0.25) is 0 Å². The largest absolute Gasteiger partial charge is 2.00 e. The number of halogens is 10. The second kappa shape index (κ2) is 23.1. The summed E-state index contributed by atoms with van der Waals surface area (Å²) < 4.78 is 151. The molecule has 0 heterocycles. The minimum absolute atomic E-state index is 0. The summed E-state index contributed by atoms with van der Waals surface area (Å²) in [7, 11) is -1.44. The van der Waals surface area contributed by atoms with Crippen molar-refractivity contribution in [2.45, 2.75) is 39.4 Å². The van der Waals surface area contributed by atoms with Gasteiger partial charge >= 0.3 is 30.8 Å². The van der Waals surface area contributed by atoms with E-state index >= 15 is 0 Å². The summed E-state index contributed by atoms with van der Waals surface area (Å²) in [6.07, 6.45) is 3.29. The third-order valence-corrected chi connectivity index (χ3v) is 10.2. The summed E-state index contributed by atoms with van der Waals surface area (Å²) >= 11 is 0. The van der Waals surface area contributed by atoms with Crippen LogP contribution in [0.15, 0.2) is 91.0 Å². The Morgan fingerprint density at radius 1 is 0.529 bits per heavy atom. The van der Waals surface area contributed by atoms with Gasteiger partial charge in [-0.15, -0.1) is 10.9 Å². The van der Waals surface area contributed by atoms with Crippen molar-refractivity contribution in [3.8, 4) is 0 Å². The van der Waals surface area contributed by atoms with Gasteiger partial charge in [-0.05, 0) is 18.5 Å². The number of benzene rings is 4. The Labute approximate surface area is 304 Å². The fraction of sp³-hybridized carbons (Fsp3) is 0.189. The molecule has 0 aliphatic carbocycles. The van der Waals surface area contributed by atoms with Crippen LogP contribution >= 0.6 is 7.92 Å². The third kappa shape index (κ3) is 11.7. The zero-order chi connectivity index (χ0) is 37.4. The van der Waals surface area contributed by atoms with E-state index in [4.69, 9.17) is 4.65 Å². The van der Waals surface area contributed by atoms with Crippen molar-refractivity contribution in [1.29, 1.82) is 0 Å². The number of rotatable bonds is 9. The van der Waals surface area contributed by atoms with Crippen molar-refractivity contribution in [3.05, 3.63) is 156 Å². The van der Waals surface area contributed by atoms with E-state index in [9.17, 15) is 43.9 Å². The van der Waals surface area contributed by atoms with Gasteiger partial charge in [0.05, 0.1) is 6.71 Å². The van der Waals surface area contributed by atoms with Crippen molar-refractivity contribution in [3.63, 3.8) is 0 Å². The molecule has 14 heteroatoms. The molecule has 0 aliphatic rings. The maximum atomic E-state index is 14.9. The number of hydrogen-bond acceptors (Lipinski definition) is 0. The van der Waals surface area contributed by atoms with E-state index in [1.54, 1.807) is 60.7 Å². The van der Waals surface area contributed by atoms with Crippen LogP contribution in [0.3, 0.4) is 0 Å². The Bertz CT molecular complexity index is 1610. The van der Waals surface area contributed by atoms with Crippen LogP contribution in [-0.4, -0.2) is 12.9 Å². The van der Waals surface area contributed by atoms with Crippen LogP contribution in [0.2, 0.25) is 6.32 Å². The molecule has 0 radical (unpaired) electrons. The fourth-order valence-electron chi connectivity index (χ4n) is 5.19. The second-order valence-electron chi connectivity index (χ2n) is 10.8. The molecule has 0 fully saturated rings. The Morgan fingerprint density at radius 2 is 0.843 bits per heavy atom. The molecule has 0 amide bonds. The average molecular weight is 825 g/mol. The van der Waals surface area contributed by atoms with Gasteiger partial charge in [-0.1, -0.05) is 99.9 Å². The van der Waals surface area contributed by atoms with Crippen molar-refractivity contribution in [2.75, 3.05) is 6.16 Å². The van der Waals surface area contributed by atoms with Crippen LogP contribution in [0.4, 0.5) is 43.9 Å². The molecule has 0 unspecified atom stereocenters. The van der Waals surface area contributed by atoms with E-state index in [0.29, 0.717) is 10.6 Å². The van der Waals surface area contributed by atoms with E-state index in [1.807, 2.05) is 30.3 Å². The molecule has 0 saturated heterocycles. The maximum Gasteiger partial charge on any atom is 2.00 e. The summed E-state index contributed by atoms with van der Waals surface area (Å²) in [5.74, 6) is -24.2. The van der Waals surface area contributed by atoms with Gasteiger partial charge in [-0.25, -0.2) is 56.0 Å². The first-order valence-corrected chi connectivity index (χ1v) is 17.0. The van der Waals surface area contributed by atoms with E-state index in [-0.39, 0.29) is 25.6 Å². The van der Waals surface area contributed by atoms with E-state index in [2.05, 4.69) is 20.5 Å². The molecule has 0 atom stereocenters. The molecule has 0 aliphatic heterocycles. The molecule has 5 rings (SSSR count). The van der Waals surface area contributed by atoms with Crippen molar-refractivity contribution in [1.82, 2.24) is 0 Å². The summed E-state index contributed by atoms with van der Waals surface area (Å²) in [4.78, 5) is 0.